The monoisotopic (exact) mass is 271 g/mol. The third kappa shape index (κ3) is 2.43. The summed E-state index contributed by atoms with van der Waals surface area (Å²) in [6.45, 7) is 2.88. The van der Waals surface area contributed by atoms with E-state index in [-0.39, 0.29) is 11.9 Å². The Bertz CT molecular complexity index is 594. The van der Waals surface area contributed by atoms with Crippen LogP contribution in [0, 0.1) is 0 Å². The summed E-state index contributed by atoms with van der Waals surface area (Å²) in [6, 6.07) is 5.67. The number of piperidine rings is 1. The molecule has 0 spiro atoms. The average Bonchev–Trinajstić information content (AvgIpc) is 2.98. The van der Waals surface area contributed by atoms with Crippen molar-refractivity contribution in [3.63, 3.8) is 0 Å². The third-order valence-corrected chi connectivity index (χ3v) is 3.74. The summed E-state index contributed by atoms with van der Waals surface area (Å²) < 4.78 is 5.26. The molecule has 1 aliphatic heterocycles. The number of carbonyl (C=O) groups is 1. The zero-order valence-corrected chi connectivity index (χ0v) is 11.5. The van der Waals surface area contributed by atoms with Crippen LogP contribution in [-0.4, -0.2) is 33.5 Å². The molecule has 20 heavy (non-hydrogen) atoms. The van der Waals surface area contributed by atoms with E-state index in [1.807, 2.05) is 17.0 Å². The van der Waals surface area contributed by atoms with Gasteiger partial charge in [0.05, 0.1) is 0 Å². The standard InChI is InChI=1S/C15H17N3O2/c1-11-5-2-3-8-18(11)15(19)13-9-14(20-17-13)12-6-4-7-16-10-12/h4,6-7,9-11H,2-3,5,8H2,1H3/t11-/m0/s1. The Morgan fingerprint density at radius 1 is 1.45 bits per heavy atom. The second-order valence-electron chi connectivity index (χ2n) is 5.16. The fraction of sp³-hybridized carbons (Fsp3) is 0.400. The van der Waals surface area contributed by atoms with E-state index in [2.05, 4.69) is 17.1 Å². The van der Waals surface area contributed by atoms with Crippen molar-refractivity contribution in [2.75, 3.05) is 6.54 Å². The predicted octanol–water partition coefficient (Wildman–Crippen LogP) is 2.75. The summed E-state index contributed by atoms with van der Waals surface area (Å²) in [7, 11) is 0. The number of nitrogens with zero attached hydrogens (tertiary/aromatic N) is 3. The van der Waals surface area contributed by atoms with Gasteiger partial charge in [-0.15, -0.1) is 0 Å². The molecular weight excluding hydrogens is 254 g/mol. The highest BCUT2D eigenvalue weighted by atomic mass is 16.5. The second-order valence-corrected chi connectivity index (χ2v) is 5.16. The lowest BCUT2D eigenvalue weighted by atomic mass is 10.0. The molecule has 3 rings (SSSR count). The Labute approximate surface area is 117 Å². The number of likely N-dealkylation sites (tertiary alicyclic amines) is 1. The van der Waals surface area contributed by atoms with Gasteiger partial charge in [-0.1, -0.05) is 5.16 Å². The van der Waals surface area contributed by atoms with Crippen LogP contribution in [0.3, 0.4) is 0 Å². The van der Waals surface area contributed by atoms with Crippen LogP contribution in [0.2, 0.25) is 0 Å². The Morgan fingerprint density at radius 3 is 3.10 bits per heavy atom. The third-order valence-electron chi connectivity index (χ3n) is 3.74. The number of carbonyl (C=O) groups excluding carboxylic acids is 1. The van der Waals surface area contributed by atoms with Gasteiger partial charge in [0.25, 0.3) is 5.91 Å². The van der Waals surface area contributed by atoms with Gasteiger partial charge in [-0.25, -0.2) is 0 Å². The van der Waals surface area contributed by atoms with Gasteiger partial charge in [0.15, 0.2) is 11.5 Å². The van der Waals surface area contributed by atoms with Crippen LogP contribution < -0.4 is 0 Å². The Balaban J connectivity index is 1.81. The molecule has 1 aliphatic rings. The molecule has 1 fully saturated rings. The van der Waals surface area contributed by atoms with Gasteiger partial charge < -0.3 is 9.42 Å². The van der Waals surface area contributed by atoms with E-state index in [0.29, 0.717) is 11.5 Å². The van der Waals surface area contributed by atoms with Crippen molar-refractivity contribution in [2.24, 2.45) is 0 Å². The quantitative estimate of drug-likeness (QED) is 0.842. The zero-order chi connectivity index (χ0) is 13.9. The Kier molecular flexibility index (Phi) is 3.50. The number of rotatable bonds is 2. The van der Waals surface area contributed by atoms with Crippen molar-refractivity contribution in [3.05, 3.63) is 36.3 Å². The van der Waals surface area contributed by atoms with E-state index >= 15 is 0 Å². The minimum absolute atomic E-state index is 0.0453. The fourth-order valence-corrected chi connectivity index (χ4v) is 2.57. The van der Waals surface area contributed by atoms with Crippen LogP contribution in [0.1, 0.15) is 36.7 Å². The molecule has 5 heteroatoms. The van der Waals surface area contributed by atoms with Crippen molar-refractivity contribution >= 4 is 5.91 Å². The maximum absolute atomic E-state index is 12.4. The van der Waals surface area contributed by atoms with E-state index in [1.165, 1.54) is 6.42 Å². The summed E-state index contributed by atoms with van der Waals surface area (Å²) in [6.07, 6.45) is 6.69. The van der Waals surface area contributed by atoms with E-state index < -0.39 is 0 Å². The van der Waals surface area contributed by atoms with Crippen molar-refractivity contribution in [3.8, 4) is 11.3 Å². The first-order chi connectivity index (χ1) is 9.75. The van der Waals surface area contributed by atoms with Gasteiger partial charge in [0.1, 0.15) is 0 Å². The lowest BCUT2D eigenvalue weighted by Gasteiger charge is -2.32. The molecule has 2 aromatic rings. The van der Waals surface area contributed by atoms with Crippen molar-refractivity contribution in [2.45, 2.75) is 32.2 Å². The highest BCUT2D eigenvalue weighted by Crippen LogP contribution is 2.22. The molecule has 0 saturated carbocycles. The van der Waals surface area contributed by atoms with Crippen molar-refractivity contribution in [1.82, 2.24) is 15.0 Å². The number of hydrogen-bond donors (Lipinski definition) is 0. The number of pyridine rings is 1. The summed E-state index contributed by atoms with van der Waals surface area (Å²) in [5.74, 6) is 0.530. The molecule has 0 radical (unpaired) electrons. The van der Waals surface area contributed by atoms with Gasteiger partial charge in [-0.3, -0.25) is 9.78 Å². The van der Waals surface area contributed by atoms with Gasteiger partial charge >= 0.3 is 0 Å². The molecule has 0 bridgehead atoms. The molecule has 1 amide bonds. The average molecular weight is 271 g/mol. The summed E-state index contributed by atoms with van der Waals surface area (Å²) >= 11 is 0. The molecule has 104 valence electrons. The number of amides is 1. The molecule has 5 nitrogen and oxygen atoms in total. The van der Waals surface area contributed by atoms with E-state index in [1.54, 1.807) is 18.5 Å². The van der Waals surface area contributed by atoms with Crippen LogP contribution in [0.15, 0.2) is 35.1 Å². The van der Waals surface area contributed by atoms with Gasteiger partial charge in [0, 0.05) is 36.6 Å². The topological polar surface area (TPSA) is 59.2 Å². The van der Waals surface area contributed by atoms with Crippen molar-refractivity contribution in [1.29, 1.82) is 0 Å². The van der Waals surface area contributed by atoms with E-state index in [0.717, 1.165) is 24.9 Å². The highest BCUT2D eigenvalue weighted by molar-refractivity contribution is 5.93. The smallest absolute Gasteiger partial charge is 0.276 e. The first-order valence-electron chi connectivity index (χ1n) is 6.94. The summed E-state index contributed by atoms with van der Waals surface area (Å²) in [4.78, 5) is 18.4. The minimum Gasteiger partial charge on any atom is -0.355 e. The van der Waals surface area contributed by atoms with Crippen LogP contribution in [0.4, 0.5) is 0 Å². The number of hydrogen-bond acceptors (Lipinski definition) is 4. The predicted molar refractivity (Wildman–Crippen MR) is 74.1 cm³/mol. The van der Waals surface area contributed by atoms with E-state index in [9.17, 15) is 4.79 Å². The van der Waals surface area contributed by atoms with Crippen molar-refractivity contribution < 1.29 is 9.32 Å². The minimum atomic E-state index is -0.0453. The van der Waals surface area contributed by atoms with Gasteiger partial charge in [-0.2, -0.15) is 0 Å². The molecule has 0 unspecified atom stereocenters. The molecule has 0 aliphatic carbocycles. The van der Waals surface area contributed by atoms with Crippen LogP contribution in [0.25, 0.3) is 11.3 Å². The molecule has 2 aromatic heterocycles. The highest BCUT2D eigenvalue weighted by Gasteiger charge is 2.26. The van der Waals surface area contributed by atoms with Gasteiger partial charge in [0.2, 0.25) is 0 Å². The van der Waals surface area contributed by atoms with Gasteiger partial charge in [-0.05, 0) is 38.3 Å². The SMILES string of the molecule is C[C@H]1CCCCN1C(=O)c1cc(-c2cccnc2)on1. The van der Waals surface area contributed by atoms with Crippen LogP contribution >= 0.6 is 0 Å². The fourth-order valence-electron chi connectivity index (χ4n) is 2.57. The van der Waals surface area contributed by atoms with Crippen LogP contribution in [-0.2, 0) is 0 Å². The van der Waals surface area contributed by atoms with E-state index in [4.69, 9.17) is 4.52 Å². The summed E-state index contributed by atoms with van der Waals surface area (Å²) in [5, 5.41) is 3.91. The Morgan fingerprint density at radius 2 is 2.35 bits per heavy atom. The maximum Gasteiger partial charge on any atom is 0.276 e. The maximum atomic E-state index is 12.4. The lowest BCUT2D eigenvalue weighted by Crippen LogP contribution is -2.42. The first kappa shape index (κ1) is 12.8. The first-order valence-corrected chi connectivity index (χ1v) is 6.94. The largest absolute Gasteiger partial charge is 0.355 e. The lowest BCUT2D eigenvalue weighted by molar-refractivity contribution is 0.0625. The molecule has 0 N–H and O–H groups in total. The summed E-state index contributed by atoms with van der Waals surface area (Å²) in [5.41, 5.74) is 1.20. The molecule has 0 aromatic carbocycles. The molecule has 1 saturated heterocycles. The van der Waals surface area contributed by atoms with Crippen LogP contribution in [0.5, 0.6) is 0 Å². The number of aromatic nitrogens is 2. The molecular formula is C15H17N3O2. The molecule has 1 atom stereocenters. The second kappa shape index (κ2) is 5.45. The normalized spacial score (nSPS) is 19.1. The molecule has 3 heterocycles. The Hall–Kier alpha value is -2.17. The zero-order valence-electron chi connectivity index (χ0n) is 11.5.